The zero-order valence-electron chi connectivity index (χ0n) is 15.6. The number of rotatable bonds is 1. The zero-order valence-corrected chi connectivity index (χ0v) is 19.5. The summed E-state index contributed by atoms with van der Waals surface area (Å²) in [6.45, 7) is 8.58. The molecule has 0 N–H and O–H groups in total. The molecule has 4 heteroatoms. The van der Waals surface area contributed by atoms with Gasteiger partial charge in [-0.1, -0.05) is 32.4 Å². The summed E-state index contributed by atoms with van der Waals surface area (Å²) in [4.78, 5) is 0. The van der Waals surface area contributed by atoms with Crippen molar-refractivity contribution in [1.82, 2.24) is 4.57 Å². The molecule has 0 aliphatic carbocycles. The standard InChI is InChI=1S/C15H14N.C7H9.2ClH.Zr/c1-11-5-6-12(2)15-10-13(9-14(11)15)16-7-3-4-8-16;1-6-4-3-5-7(6)2;;;/h3-10H,1-2H3;3-5H,1-2H3;2*1H;/q2*-1;;;+4/p-2. The van der Waals surface area contributed by atoms with Crippen LogP contribution in [-0.2, 0) is 26.2 Å². The Bertz CT molecular complexity index is 862. The first-order valence-electron chi connectivity index (χ1n) is 8.05. The van der Waals surface area contributed by atoms with Crippen molar-refractivity contribution in [2.75, 3.05) is 0 Å². The third kappa shape index (κ3) is 5.46. The van der Waals surface area contributed by atoms with Crippen LogP contribution in [0.5, 0.6) is 0 Å². The number of benzene rings is 1. The summed E-state index contributed by atoms with van der Waals surface area (Å²) in [5.41, 5.74) is 6.72. The van der Waals surface area contributed by atoms with Gasteiger partial charge in [0.1, 0.15) is 0 Å². The number of halogens is 2. The van der Waals surface area contributed by atoms with E-state index < -0.39 is 0 Å². The number of hydrogen-bond acceptors (Lipinski definition) is 0. The van der Waals surface area contributed by atoms with Crippen LogP contribution in [0.15, 0.2) is 67.0 Å². The van der Waals surface area contributed by atoms with E-state index in [9.17, 15) is 0 Å². The smallest absolute Gasteiger partial charge is 1.00 e. The number of fused-ring (bicyclic) bond motifs is 1. The van der Waals surface area contributed by atoms with Crippen molar-refractivity contribution >= 4 is 10.8 Å². The monoisotopic (exact) mass is 461 g/mol. The number of aryl methyl sites for hydroxylation is 4. The number of hydrogen-bond donors (Lipinski definition) is 0. The van der Waals surface area contributed by atoms with Gasteiger partial charge in [0.2, 0.25) is 0 Å². The molecule has 0 fully saturated rings. The molecule has 0 saturated heterocycles. The third-order valence-corrected chi connectivity index (χ3v) is 4.52. The van der Waals surface area contributed by atoms with E-state index in [-0.39, 0.29) is 51.0 Å². The molecular formula is C22H23Cl2NZr. The van der Waals surface area contributed by atoms with Gasteiger partial charge >= 0.3 is 26.2 Å². The van der Waals surface area contributed by atoms with Gasteiger partial charge in [0, 0.05) is 12.4 Å². The van der Waals surface area contributed by atoms with Crippen LogP contribution in [0, 0.1) is 27.7 Å². The average Bonchev–Trinajstić information content (AvgIpc) is 3.25. The molecule has 1 aromatic heterocycles. The summed E-state index contributed by atoms with van der Waals surface area (Å²) in [6, 6.07) is 19.3. The van der Waals surface area contributed by atoms with Gasteiger partial charge in [-0.2, -0.15) is 17.2 Å². The van der Waals surface area contributed by atoms with E-state index in [0.717, 1.165) is 0 Å². The van der Waals surface area contributed by atoms with Crippen molar-refractivity contribution < 1.29 is 51.0 Å². The second kappa shape index (κ2) is 10.9. The van der Waals surface area contributed by atoms with Gasteiger partial charge in [-0.25, -0.2) is 12.1 Å². The molecule has 0 aliphatic rings. The second-order valence-electron chi connectivity index (χ2n) is 6.22. The Labute approximate surface area is 188 Å². The molecule has 0 spiro atoms. The van der Waals surface area contributed by atoms with Crippen LogP contribution >= 0.6 is 0 Å². The summed E-state index contributed by atoms with van der Waals surface area (Å²) in [5.74, 6) is 0. The molecule has 1 nitrogen and oxygen atoms in total. The fourth-order valence-electron chi connectivity index (χ4n) is 2.83. The first-order valence-corrected chi connectivity index (χ1v) is 8.05. The maximum Gasteiger partial charge on any atom is 4.00 e. The van der Waals surface area contributed by atoms with Gasteiger partial charge < -0.3 is 29.4 Å². The van der Waals surface area contributed by atoms with Gasteiger partial charge in [0.15, 0.2) is 0 Å². The fraction of sp³-hybridized carbons (Fsp3) is 0.182. The third-order valence-electron chi connectivity index (χ3n) is 4.52. The Morgan fingerprint density at radius 3 is 1.96 bits per heavy atom. The van der Waals surface area contributed by atoms with E-state index in [1.165, 1.54) is 38.7 Å². The van der Waals surface area contributed by atoms with Gasteiger partial charge in [0.05, 0.1) is 0 Å². The van der Waals surface area contributed by atoms with Crippen LogP contribution in [-0.4, -0.2) is 4.57 Å². The van der Waals surface area contributed by atoms with E-state index in [2.05, 4.69) is 99.3 Å². The molecule has 0 bridgehead atoms. The maximum atomic E-state index is 2.26. The number of aromatic nitrogens is 1. The zero-order chi connectivity index (χ0) is 16.4. The summed E-state index contributed by atoms with van der Waals surface area (Å²) < 4.78 is 2.15. The summed E-state index contributed by atoms with van der Waals surface area (Å²) in [6.07, 6.45) is 4.16. The molecule has 0 saturated carbocycles. The van der Waals surface area contributed by atoms with E-state index in [4.69, 9.17) is 0 Å². The van der Waals surface area contributed by atoms with Crippen LogP contribution in [0.1, 0.15) is 22.3 Å². The SMILES string of the molecule is Cc1ccc(C)c2[cH-]c(-n3cccc3)cc12.Cc1ccc[c-]1C.[Cl-].[Cl-].[Zr+4]. The molecule has 4 aromatic rings. The van der Waals surface area contributed by atoms with Crippen molar-refractivity contribution in [2.24, 2.45) is 0 Å². The average molecular weight is 464 g/mol. The van der Waals surface area contributed by atoms with Crippen molar-refractivity contribution in [3.05, 3.63) is 89.2 Å². The molecule has 0 aliphatic heterocycles. The minimum absolute atomic E-state index is 0. The Morgan fingerprint density at radius 2 is 1.50 bits per heavy atom. The van der Waals surface area contributed by atoms with E-state index >= 15 is 0 Å². The molecular weight excluding hydrogens is 440 g/mol. The van der Waals surface area contributed by atoms with Crippen molar-refractivity contribution in [2.45, 2.75) is 27.7 Å². The van der Waals surface area contributed by atoms with Crippen molar-refractivity contribution in [3.8, 4) is 5.69 Å². The Morgan fingerprint density at radius 1 is 0.885 bits per heavy atom. The predicted octanol–water partition coefficient (Wildman–Crippen LogP) is -0.00592. The number of nitrogens with zero attached hydrogens (tertiary/aromatic N) is 1. The van der Waals surface area contributed by atoms with E-state index in [0.29, 0.717) is 0 Å². The van der Waals surface area contributed by atoms with E-state index in [1.54, 1.807) is 0 Å². The fourth-order valence-corrected chi connectivity index (χ4v) is 2.83. The minimum Gasteiger partial charge on any atom is -1.00 e. The molecule has 0 unspecified atom stereocenters. The van der Waals surface area contributed by atoms with Gasteiger partial charge in [-0.05, 0) is 24.7 Å². The second-order valence-corrected chi connectivity index (χ2v) is 6.22. The largest absolute Gasteiger partial charge is 4.00 e. The molecule has 0 atom stereocenters. The van der Waals surface area contributed by atoms with Gasteiger partial charge in [-0.3, -0.25) is 0 Å². The van der Waals surface area contributed by atoms with Crippen LogP contribution in [0.25, 0.3) is 16.5 Å². The summed E-state index contributed by atoms with van der Waals surface area (Å²) in [7, 11) is 0. The quantitative estimate of drug-likeness (QED) is 0.350. The molecule has 134 valence electrons. The molecule has 0 radical (unpaired) electrons. The van der Waals surface area contributed by atoms with Crippen LogP contribution in [0.3, 0.4) is 0 Å². The minimum atomic E-state index is 0. The molecule has 0 amide bonds. The van der Waals surface area contributed by atoms with Crippen molar-refractivity contribution in [3.63, 3.8) is 0 Å². The van der Waals surface area contributed by atoms with E-state index in [1.807, 2.05) is 0 Å². The maximum absolute atomic E-state index is 2.26. The van der Waals surface area contributed by atoms with Crippen LogP contribution < -0.4 is 24.8 Å². The van der Waals surface area contributed by atoms with Gasteiger partial charge in [-0.15, -0.1) is 34.5 Å². The molecule has 3 aromatic carbocycles. The molecule has 4 rings (SSSR count). The Balaban J connectivity index is 0.000000542. The van der Waals surface area contributed by atoms with Crippen molar-refractivity contribution in [1.29, 1.82) is 0 Å². The Hall–Kier alpha value is -1.08. The first-order chi connectivity index (χ1) is 11.1. The van der Waals surface area contributed by atoms with Gasteiger partial charge in [0.25, 0.3) is 0 Å². The summed E-state index contributed by atoms with van der Waals surface area (Å²) >= 11 is 0. The normalized spacial score (nSPS) is 9.38. The van der Waals surface area contributed by atoms with Crippen LogP contribution in [0.2, 0.25) is 0 Å². The van der Waals surface area contributed by atoms with Crippen LogP contribution in [0.4, 0.5) is 0 Å². The molecule has 26 heavy (non-hydrogen) atoms. The summed E-state index contributed by atoms with van der Waals surface area (Å²) in [5, 5.41) is 2.73. The first kappa shape index (κ1) is 24.9. The Kier molecular flexibility index (Phi) is 10.5. The topological polar surface area (TPSA) is 4.93 Å². The molecule has 1 heterocycles. The predicted molar refractivity (Wildman–Crippen MR) is 99.9 cm³/mol.